The molecule has 0 aliphatic carbocycles. The molecule has 4 N–H and O–H groups in total. The first-order valence-corrected chi connectivity index (χ1v) is 11.8. The Kier molecular flexibility index (Phi) is 10.5. The molecule has 0 radical (unpaired) electrons. The summed E-state index contributed by atoms with van der Waals surface area (Å²) >= 11 is 1.02. The monoisotopic (exact) mass is 496 g/mol. The highest BCUT2D eigenvalue weighted by molar-refractivity contribution is 8.00. The van der Waals surface area contributed by atoms with Crippen molar-refractivity contribution in [2.45, 2.75) is 23.6 Å². The van der Waals surface area contributed by atoms with E-state index in [9.17, 15) is 30.3 Å². The third kappa shape index (κ3) is 6.70. The highest BCUT2D eigenvalue weighted by atomic mass is 32.2. The van der Waals surface area contributed by atoms with Gasteiger partial charge in [0.05, 0.1) is 30.9 Å². The molecule has 1 heterocycles. The number of hydrogen-bond donors (Lipinski definition) is 3. The van der Waals surface area contributed by atoms with Crippen molar-refractivity contribution >= 4 is 29.4 Å². The number of anilines is 1. The van der Waals surface area contributed by atoms with Gasteiger partial charge in [0.15, 0.2) is 0 Å². The molecule has 0 aliphatic rings. The number of aliphatic hydroxyl groups is 2. The summed E-state index contributed by atoms with van der Waals surface area (Å²) < 4.78 is 0. The summed E-state index contributed by atoms with van der Waals surface area (Å²) in [6.45, 7) is 1.20. The second-order valence-electron chi connectivity index (χ2n) is 7.54. The Labute approximate surface area is 208 Å². The molecule has 1 unspecified atom stereocenters. The van der Waals surface area contributed by atoms with Crippen LogP contribution in [0.4, 0.5) is 5.82 Å². The first kappa shape index (κ1) is 27.6. The van der Waals surface area contributed by atoms with Crippen LogP contribution in [0.2, 0.25) is 0 Å². The van der Waals surface area contributed by atoms with Crippen molar-refractivity contribution in [2.24, 2.45) is 5.73 Å². The quantitative estimate of drug-likeness (QED) is 0.362. The number of nitrogens with zero attached hydrogens (tertiary/aromatic N) is 5. The molecular weight excluding hydrogens is 468 g/mol. The van der Waals surface area contributed by atoms with E-state index in [1.165, 1.54) is 9.80 Å². The predicted molar refractivity (Wildman–Crippen MR) is 131 cm³/mol. The molecule has 0 saturated carbocycles. The fourth-order valence-electron chi connectivity index (χ4n) is 3.56. The number of nitrogens with two attached hydrogens (primary N) is 1. The zero-order valence-corrected chi connectivity index (χ0v) is 20.5. The van der Waals surface area contributed by atoms with E-state index in [1.807, 2.05) is 6.07 Å². The summed E-state index contributed by atoms with van der Waals surface area (Å²) in [4.78, 5) is 32.4. The highest BCUT2D eigenvalue weighted by Gasteiger charge is 2.27. The van der Waals surface area contributed by atoms with Crippen molar-refractivity contribution in [3.8, 4) is 12.1 Å². The third-order valence-corrected chi connectivity index (χ3v) is 6.50. The fourth-order valence-corrected chi connectivity index (χ4v) is 4.61. The summed E-state index contributed by atoms with van der Waals surface area (Å²) in [5, 5.41) is 37.6. The molecule has 2 rings (SSSR count). The number of thioether (sulfide) groups is 1. The van der Waals surface area contributed by atoms with Crippen LogP contribution in [0.5, 0.6) is 0 Å². The van der Waals surface area contributed by atoms with Crippen LogP contribution in [0, 0.1) is 22.7 Å². The molecule has 184 valence electrons. The Morgan fingerprint density at radius 2 is 1.71 bits per heavy atom. The standard InChI is InChI=1S/C24H28N6O4S/c1-3-17-18(13-25)23(29(2)15-20(33)30(9-11-31)10-12-32)28-24(19(17)14-26)35-21(22(27)34)16-7-5-4-6-8-16/h4-8,21,31-32H,3,9-12,15H2,1-2H3,(H2,27,34). The van der Waals surface area contributed by atoms with Gasteiger partial charge in [0.1, 0.15) is 28.2 Å². The average Bonchev–Trinajstić information content (AvgIpc) is 2.86. The second kappa shape index (κ2) is 13.3. The van der Waals surface area contributed by atoms with Crippen LogP contribution < -0.4 is 10.6 Å². The molecule has 0 spiro atoms. The lowest BCUT2D eigenvalue weighted by Gasteiger charge is -2.26. The first-order valence-electron chi connectivity index (χ1n) is 10.9. The van der Waals surface area contributed by atoms with Gasteiger partial charge in [-0.25, -0.2) is 4.98 Å². The van der Waals surface area contributed by atoms with Gasteiger partial charge in [-0.05, 0) is 17.5 Å². The van der Waals surface area contributed by atoms with Crippen molar-refractivity contribution in [3.05, 3.63) is 52.6 Å². The van der Waals surface area contributed by atoms with E-state index in [0.717, 1.165) is 11.8 Å². The van der Waals surface area contributed by atoms with Crippen molar-refractivity contribution < 1.29 is 19.8 Å². The molecular formula is C24H28N6O4S. The third-order valence-electron chi connectivity index (χ3n) is 5.24. The predicted octanol–water partition coefficient (Wildman–Crippen LogP) is 0.955. The number of aliphatic hydroxyl groups excluding tert-OH is 2. The summed E-state index contributed by atoms with van der Waals surface area (Å²) in [7, 11) is 1.58. The number of aromatic nitrogens is 1. The van der Waals surface area contributed by atoms with E-state index in [4.69, 9.17) is 5.73 Å². The van der Waals surface area contributed by atoms with Crippen LogP contribution in [-0.4, -0.2) is 71.8 Å². The molecule has 0 aliphatic heterocycles. The zero-order valence-electron chi connectivity index (χ0n) is 19.6. The lowest BCUT2D eigenvalue weighted by atomic mass is 10.0. The number of amides is 2. The lowest BCUT2D eigenvalue weighted by Crippen LogP contribution is -2.42. The topological polar surface area (TPSA) is 168 Å². The Bertz CT molecular complexity index is 1120. The van der Waals surface area contributed by atoms with Crippen molar-refractivity contribution in [2.75, 3.05) is 44.8 Å². The first-order chi connectivity index (χ1) is 16.8. The van der Waals surface area contributed by atoms with Crippen LogP contribution in [0.1, 0.15) is 34.4 Å². The maximum absolute atomic E-state index is 12.8. The maximum Gasteiger partial charge on any atom is 0.242 e. The van der Waals surface area contributed by atoms with Gasteiger partial charge >= 0.3 is 0 Å². The average molecular weight is 497 g/mol. The van der Waals surface area contributed by atoms with Gasteiger partial charge in [-0.15, -0.1) is 0 Å². The summed E-state index contributed by atoms with van der Waals surface area (Å²) in [6.07, 6.45) is 0.352. The Balaban J connectivity index is 2.55. The van der Waals surface area contributed by atoms with E-state index in [-0.39, 0.29) is 60.7 Å². The van der Waals surface area contributed by atoms with Crippen LogP contribution >= 0.6 is 11.8 Å². The maximum atomic E-state index is 12.8. The molecule has 0 bridgehead atoms. The number of pyridine rings is 1. The Hall–Kier alpha value is -3.64. The number of hydrogen-bond acceptors (Lipinski definition) is 9. The SMILES string of the molecule is CCc1c(C#N)c(SC(C(N)=O)c2ccccc2)nc(N(C)CC(=O)N(CCO)CCO)c1C#N. The van der Waals surface area contributed by atoms with Crippen molar-refractivity contribution in [1.82, 2.24) is 9.88 Å². The van der Waals surface area contributed by atoms with Gasteiger partial charge in [-0.3, -0.25) is 9.59 Å². The number of benzene rings is 1. The van der Waals surface area contributed by atoms with Gasteiger partial charge in [0, 0.05) is 20.1 Å². The second-order valence-corrected chi connectivity index (χ2v) is 8.64. The molecule has 0 fully saturated rings. The molecule has 10 nitrogen and oxygen atoms in total. The van der Waals surface area contributed by atoms with Crippen LogP contribution in [-0.2, 0) is 16.0 Å². The number of carbonyl (C=O) groups excluding carboxylic acids is 2. The fraction of sp³-hybridized carbons (Fsp3) is 0.375. The summed E-state index contributed by atoms with van der Waals surface area (Å²) in [5.74, 6) is -0.802. The number of carbonyl (C=O) groups is 2. The molecule has 1 aromatic carbocycles. The molecule has 1 aromatic heterocycles. The molecule has 2 amide bonds. The molecule has 0 saturated heterocycles. The van der Waals surface area contributed by atoms with Gasteiger partial charge < -0.3 is 25.7 Å². The van der Waals surface area contributed by atoms with Gasteiger partial charge in [-0.2, -0.15) is 10.5 Å². The van der Waals surface area contributed by atoms with Crippen molar-refractivity contribution in [3.63, 3.8) is 0 Å². The molecule has 1 atom stereocenters. The van der Waals surface area contributed by atoms with Crippen LogP contribution in [0.3, 0.4) is 0 Å². The number of primary amides is 1. The normalized spacial score (nSPS) is 11.3. The minimum Gasteiger partial charge on any atom is -0.395 e. The van der Waals surface area contributed by atoms with E-state index < -0.39 is 11.2 Å². The van der Waals surface area contributed by atoms with Crippen LogP contribution in [0.15, 0.2) is 35.4 Å². The molecule has 35 heavy (non-hydrogen) atoms. The minimum atomic E-state index is -0.821. The summed E-state index contributed by atoms with van der Waals surface area (Å²) in [6, 6.07) is 13.1. The van der Waals surface area contributed by atoms with Crippen molar-refractivity contribution in [1.29, 1.82) is 10.5 Å². The van der Waals surface area contributed by atoms with E-state index >= 15 is 0 Å². The van der Waals surface area contributed by atoms with Crippen LogP contribution in [0.25, 0.3) is 0 Å². The Morgan fingerprint density at radius 3 is 2.20 bits per heavy atom. The van der Waals surface area contributed by atoms with Gasteiger partial charge in [-0.1, -0.05) is 49.0 Å². The highest BCUT2D eigenvalue weighted by Crippen LogP contribution is 2.39. The number of nitriles is 2. The zero-order chi connectivity index (χ0) is 26.0. The number of rotatable bonds is 12. The van der Waals surface area contributed by atoms with Gasteiger partial charge in [0.25, 0.3) is 0 Å². The van der Waals surface area contributed by atoms with E-state index in [1.54, 1.807) is 38.2 Å². The van der Waals surface area contributed by atoms with Gasteiger partial charge in [0.2, 0.25) is 11.8 Å². The largest absolute Gasteiger partial charge is 0.395 e. The smallest absolute Gasteiger partial charge is 0.242 e. The molecule has 2 aromatic rings. The van der Waals surface area contributed by atoms with E-state index in [2.05, 4.69) is 17.1 Å². The molecule has 11 heteroatoms. The number of likely N-dealkylation sites (N-methyl/N-ethyl adjacent to an activating group) is 1. The lowest BCUT2D eigenvalue weighted by molar-refractivity contribution is -0.130. The van der Waals surface area contributed by atoms with E-state index in [0.29, 0.717) is 17.5 Å². The summed E-state index contributed by atoms with van der Waals surface area (Å²) in [5.41, 5.74) is 7.11. The Morgan fingerprint density at radius 1 is 1.11 bits per heavy atom. The minimum absolute atomic E-state index is 0.0534.